The Labute approximate surface area is 197 Å². The second kappa shape index (κ2) is 11.9. The fourth-order valence-electron chi connectivity index (χ4n) is 3.50. The molecule has 0 N–H and O–H groups in total. The fourth-order valence-corrected chi connectivity index (χ4v) is 5.18. The molecule has 0 radical (unpaired) electrons. The van der Waals surface area contributed by atoms with Crippen LogP contribution in [-0.2, 0) is 59.1 Å². The number of carbonyl (C=O) groups excluding carboxylic acids is 4. The highest BCUT2D eigenvalue weighted by molar-refractivity contribution is 7.91. The van der Waals surface area contributed by atoms with Crippen LogP contribution in [0.3, 0.4) is 0 Å². The Hall–Kier alpha value is -2.99. The third kappa shape index (κ3) is 7.80. The molecular weight excluding hydrogens is 472 g/mol. The van der Waals surface area contributed by atoms with Crippen LogP contribution >= 0.6 is 0 Å². The number of carbonyl (C=O) groups is 4. The molecule has 1 aliphatic heterocycles. The van der Waals surface area contributed by atoms with Gasteiger partial charge in [-0.1, -0.05) is 30.3 Å². The molecule has 0 aliphatic carbocycles. The molecule has 1 aromatic carbocycles. The van der Waals surface area contributed by atoms with Crippen LogP contribution in [0.2, 0.25) is 0 Å². The van der Waals surface area contributed by atoms with Crippen LogP contribution in [0, 0.1) is 0 Å². The molecule has 1 saturated heterocycles. The van der Waals surface area contributed by atoms with Gasteiger partial charge in [-0.15, -0.1) is 0 Å². The third-order valence-electron chi connectivity index (χ3n) is 4.82. The lowest BCUT2D eigenvalue weighted by Crippen LogP contribution is -2.64. The van der Waals surface area contributed by atoms with Crippen LogP contribution in [0.25, 0.3) is 0 Å². The van der Waals surface area contributed by atoms with E-state index in [2.05, 4.69) is 0 Å². The van der Waals surface area contributed by atoms with E-state index in [-0.39, 0.29) is 12.2 Å². The highest BCUT2D eigenvalue weighted by Crippen LogP contribution is 2.32. The van der Waals surface area contributed by atoms with E-state index in [0.717, 1.165) is 33.3 Å². The van der Waals surface area contributed by atoms with Crippen LogP contribution in [0.5, 0.6) is 0 Å². The Kier molecular flexibility index (Phi) is 9.56. The van der Waals surface area contributed by atoms with Gasteiger partial charge in [0, 0.05) is 27.7 Å². The first-order valence-corrected chi connectivity index (χ1v) is 12.2. The zero-order valence-electron chi connectivity index (χ0n) is 19.3. The zero-order chi connectivity index (χ0) is 25.5. The number of esters is 4. The van der Waals surface area contributed by atoms with E-state index in [1.807, 2.05) is 0 Å². The molecule has 0 unspecified atom stereocenters. The van der Waals surface area contributed by atoms with E-state index in [0.29, 0.717) is 0 Å². The molecular formula is C22H28O11S. The number of ether oxygens (including phenoxy) is 5. The Bertz CT molecular complexity index is 989. The summed E-state index contributed by atoms with van der Waals surface area (Å²) in [5, 5.41) is 0. The smallest absolute Gasteiger partial charge is 0.303 e. The van der Waals surface area contributed by atoms with Crippen LogP contribution in [-0.4, -0.2) is 74.5 Å². The molecule has 0 amide bonds. The highest BCUT2D eigenvalue weighted by Gasteiger charge is 2.56. The van der Waals surface area contributed by atoms with Gasteiger partial charge >= 0.3 is 23.9 Å². The molecule has 2 rings (SSSR count). The summed E-state index contributed by atoms with van der Waals surface area (Å²) < 4.78 is 53.0. The van der Waals surface area contributed by atoms with Crippen molar-refractivity contribution in [1.29, 1.82) is 0 Å². The first kappa shape index (κ1) is 27.3. The molecule has 1 aromatic rings. The van der Waals surface area contributed by atoms with E-state index in [1.54, 1.807) is 30.3 Å². The zero-order valence-corrected chi connectivity index (χ0v) is 20.1. The molecule has 12 heteroatoms. The van der Waals surface area contributed by atoms with Crippen molar-refractivity contribution in [2.75, 3.05) is 12.4 Å². The molecule has 0 saturated carbocycles. The van der Waals surface area contributed by atoms with E-state index in [4.69, 9.17) is 23.7 Å². The standard InChI is InChI=1S/C22H28O11S/c1-13(23)29-12-18-19(30-14(2)24)20(31-15(3)25)21(32-16(4)26)22(33-18)34(27,28)11-10-17-8-6-5-7-9-17/h5-9,18-22H,10-12H2,1-4H3/t18-,19-,20+,21+,22-/m1/s1. The minimum Gasteiger partial charge on any atom is -0.463 e. The molecule has 11 nitrogen and oxygen atoms in total. The van der Waals surface area contributed by atoms with Gasteiger partial charge in [0.15, 0.2) is 33.6 Å². The molecule has 34 heavy (non-hydrogen) atoms. The van der Waals surface area contributed by atoms with E-state index < -0.39 is 70.2 Å². The maximum atomic E-state index is 13.3. The lowest BCUT2D eigenvalue weighted by molar-refractivity contribution is -0.238. The molecule has 1 fully saturated rings. The average molecular weight is 501 g/mol. The first-order valence-electron chi connectivity index (χ1n) is 10.5. The summed E-state index contributed by atoms with van der Waals surface area (Å²) in [6, 6.07) is 8.81. The van der Waals surface area contributed by atoms with E-state index in [9.17, 15) is 27.6 Å². The normalized spacial score (nSPS) is 24.5. The first-order chi connectivity index (χ1) is 15.9. The predicted octanol–water partition coefficient (Wildman–Crippen LogP) is 0.727. The van der Waals surface area contributed by atoms with Crippen molar-refractivity contribution in [3.8, 4) is 0 Å². The van der Waals surface area contributed by atoms with Gasteiger partial charge in [-0.3, -0.25) is 19.2 Å². The largest absolute Gasteiger partial charge is 0.463 e. The maximum Gasteiger partial charge on any atom is 0.303 e. The topological polar surface area (TPSA) is 149 Å². The number of hydrogen-bond acceptors (Lipinski definition) is 11. The highest BCUT2D eigenvalue weighted by atomic mass is 32.2. The van der Waals surface area contributed by atoms with Crippen LogP contribution < -0.4 is 0 Å². The van der Waals surface area contributed by atoms with Crippen molar-refractivity contribution in [3.63, 3.8) is 0 Å². The van der Waals surface area contributed by atoms with Gasteiger partial charge < -0.3 is 23.7 Å². The molecule has 0 bridgehead atoms. The summed E-state index contributed by atoms with van der Waals surface area (Å²) in [4.78, 5) is 46.8. The lowest BCUT2D eigenvalue weighted by atomic mass is 9.99. The number of rotatable bonds is 9. The van der Waals surface area contributed by atoms with Crippen molar-refractivity contribution in [1.82, 2.24) is 0 Å². The van der Waals surface area contributed by atoms with Crippen LogP contribution in [0.4, 0.5) is 0 Å². The second-order valence-corrected chi connectivity index (χ2v) is 9.87. The summed E-state index contributed by atoms with van der Waals surface area (Å²) in [6.45, 7) is 3.82. The van der Waals surface area contributed by atoms with Gasteiger partial charge in [-0.2, -0.15) is 0 Å². The number of sulfone groups is 1. The quantitative estimate of drug-likeness (QED) is 0.349. The second-order valence-electron chi connectivity index (χ2n) is 7.67. The number of benzene rings is 1. The summed E-state index contributed by atoms with van der Waals surface area (Å²) in [5.74, 6) is -3.59. The minimum atomic E-state index is -4.14. The maximum absolute atomic E-state index is 13.3. The molecule has 1 aliphatic rings. The van der Waals surface area contributed by atoms with Gasteiger partial charge in [0.25, 0.3) is 0 Å². The third-order valence-corrected chi connectivity index (χ3v) is 6.68. The van der Waals surface area contributed by atoms with E-state index >= 15 is 0 Å². The van der Waals surface area contributed by atoms with E-state index in [1.165, 1.54) is 0 Å². The van der Waals surface area contributed by atoms with Gasteiger partial charge in [-0.25, -0.2) is 8.42 Å². The molecule has 5 atom stereocenters. The van der Waals surface area contributed by atoms with Crippen LogP contribution in [0.1, 0.15) is 33.3 Å². The van der Waals surface area contributed by atoms with Gasteiger partial charge in [0.05, 0.1) is 5.75 Å². The monoisotopic (exact) mass is 500 g/mol. The fraction of sp³-hybridized carbons (Fsp3) is 0.545. The molecule has 1 heterocycles. The Balaban J connectivity index is 2.47. The van der Waals surface area contributed by atoms with Crippen molar-refractivity contribution < 1.29 is 51.3 Å². The van der Waals surface area contributed by atoms with Crippen molar-refractivity contribution >= 4 is 33.7 Å². The minimum absolute atomic E-state index is 0.135. The summed E-state index contributed by atoms with van der Waals surface area (Å²) in [7, 11) is -4.14. The van der Waals surface area contributed by atoms with Gasteiger partial charge in [0.2, 0.25) is 0 Å². The molecule has 0 spiro atoms. The van der Waals surface area contributed by atoms with Crippen molar-refractivity contribution in [2.24, 2.45) is 0 Å². The number of aryl methyl sites for hydroxylation is 1. The molecule has 188 valence electrons. The van der Waals surface area contributed by atoms with Crippen LogP contribution in [0.15, 0.2) is 30.3 Å². The summed E-state index contributed by atoms with van der Waals surface area (Å²) in [6.07, 6.45) is -5.77. The summed E-state index contributed by atoms with van der Waals surface area (Å²) >= 11 is 0. The van der Waals surface area contributed by atoms with Gasteiger partial charge in [0.1, 0.15) is 12.7 Å². The Morgan fingerprint density at radius 1 is 0.794 bits per heavy atom. The van der Waals surface area contributed by atoms with Crippen molar-refractivity contribution in [3.05, 3.63) is 35.9 Å². The Morgan fingerprint density at radius 3 is 1.85 bits per heavy atom. The molecule has 0 aromatic heterocycles. The number of hydrogen-bond donors (Lipinski definition) is 0. The lowest BCUT2D eigenvalue weighted by Gasteiger charge is -2.44. The average Bonchev–Trinajstić information content (AvgIpc) is 2.73. The SMILES string of the molecule is CC(=O)OC[C@H]1O[C@H](S(=O)(=O)CCc2ccccc2)[C@@H](OC(C)=O)[C@@H](OC(C)=O)[C@@H]1OC(C)=O. The van der Waals surface area contributed by atoms with Crippen molar-refractivity contribution in [2.45, 2.75) is 64.0 Å². The summed E-state index contributed by atoms with van der Waals surface area (Å²) in [5.41, 5.74) is -1.03. The Morgan fingerprint density at radius 2 is 1.32 bits per heavy atom. The van der Waals surface area contributed by atoms with Gasteiger partial charge in [-0.05, 0) is 12.0 Å². The predicted molar refractivity (Wildman–Crippen MR) is 116 cm³/mol.